The van der Waals surface area contributed by atoms with Crippen molar-refractivity contribution in [2.24, 2.45) is 15.7 Å². The lowest BCUT2D eigenvalue weighted by atomic mass is 10.2. The summed E-state index contributed by atoms with van der Waals surface area (Å²) < 4.78 is 20.5. The van der Waals surface area contributed by atoms with Gasteiger partial charge in [-0.2, -0.15) is 0 Å². The highest BCUT2D eigenvalue weighted by Crippen LogP contribution is 2.23. The van der Waals surface area contributed by atoms with E-state index in [4.69, 9.17) is 11.5 Å². The molecule has 158 valence electrons. The number of amides is 2. The summed E-state index contributed by atoms with van der Waals surface area (Å²) in [6, 6.07) is 9.28. The van der Waals surface area contributed by atoms with E-state index < -0.39 is 17.1 Å². The van der Waals surface area contributed by atoms with Crippen molar-refractivity contribution in [2.75, 3.05) is 21.7 Å². The van der Waals surface area contributed by atoms with Crippen LogP contribution in [0.2, 0.25) is 0 Å². The molecule has 0 spiro atoms. The largest absolute Gasteiger partial charge is 0.397 e. The van der Waals surface area contributed by atoms with E-state index in [0.29, 0.717) is 45.1 Å². The molecule has 1 aliphatic rings. The molecule has 2 amide bonds. The molecule has 11 nitrogen and oxygen atoms in total. The Hall–Kier alpha value is -3.64. The lowest BCUT2D eigenvalue weighted by Crippen LogP contribution is -2.44. The molecule has 0 saturated carbocycles. The van der Waals surface area contributed by atoms with Gasteiger partial charge in [0.25, 0.3) is 0 Å². The summed E-state index contributed by atoms with van der Waals surface area (Å²) in [4.78, 5) is 20.2. The first-order valence-electron chi connectivity index (χ1n) is 8.85. The van der Waals surface area contributed by atoms with Crippen LogP contribution in [-0.4, -0.2) is 32.9 Å². The zero-order chi connectivity index (χ0) is 21.8. The Morgan fingerprint density at radius 2 is 1.73 bits per heavy atom. The molecular formula is C18H22N8O3S. The van der Waals surface area contributed by atoms with Crippen molar-refractivity contribution in [3.8, 4) is 0 Å². The number of nitrogen functional groups attached to an aromatic ring is 1. The van der Waals surface area contributed by atoms with Crippen molar-refractivity contribution in [3.63, 3.8) is 0 Å². The van der Waals surface area contributed by atoms with Gasteiger partial charge in [-0.1, -0.05) is 0 Å². The predicted octanol–water partition coefficient (Wildman–Crippen LogP) is 1.83. The number of guanidine groups is 2. The molecule has 0 bridgehead atoms. The standard InChI is InChI=1S/C18H22N8O3S/c1-9-7-11(4-6-15(9)30(28)29)23-17-21-10(2)22-18(26-17)24-12-3-5-13(19)14(8-12)25-16(20)27/h3-8,10H,19H2,1-2H3,(H,28,29)(H3,20,25,27)(H3,21,22,23,24,26). The van der Waals surface area contributed by atoms with Gasteiger partial charge in [0.15, 0.2) is 11.1 Å². The van der Waals surface area contributed by atoms with Gasteiger partial charge < -0.3 is 32.0 Å². The molecule has 2 aromatic rings. The van der Waals surface area contributed by atoms with Crippen LogP contribution in [0.4, 0.5) is 27.5 Å². The molecule has 2 unspecified atom stereocenters. The number of nitrogens with two attached hydrogens (primary N) is 2. The normalized spacial score (nSPS) is 16.6. The van der Waals surface area contributed by atoms with Crippen LogP contribution < -0.4 is 32.7 Å². The number of nitrogens with zero attached hydrogens (tertiary/aromatic N) is 2. The van der Waals surface area contributed by atoms with Crippen LogP contribution in [0.15, 0.2) is 51.3 Å². The van der Waals surface area contributed by atoms with Crippen LogP contribution in [0.25, 0.3) is 0 Å². The highest BCUT2D eigenvalue weighted by molar-refractivity contribution is 7.79. The molecular weight excluding hydrogens is 408 g/mol. The summed E-state index contributed by atoms with van der Waals surface area (Å²) in [5.74, 6) is 0.878. The van der Waals surface area contributed by atoms with Gasteiger partial charge in [0.05, 0.1) is 16.3 Å². The van der Waals surface area contributed by atoms with Gasteiger partial charge in [0, 0.05) is 11.4 Å². The third kappa shape index (κ3) is 5.24. The van der Waals surface area contributed by atoms with Crippen molar-refractivity contribution in [1.29, 1.82) is 0 Å². The molecule has 1 heterocycles. The SMILES string of the molecule is Cc1cc(NC2=NC(C)N=C(Nc3ccc(N)c(NC(N)=O)c3)N2)ccc1S(=O)O. The predicted molar refractivity (Wildman–Crippen MR) is 119 cm³/mol. The summed E-state index contributed by atoms with van der Waals surface area (Å²) >= 11 is -2.04. The average molecular weight is 430 g/mol. The van der Waals surface area contributed by atoms with Crippen molar-refractivity contribution in [1.82, 2.24) is 5.32 Å². The first kappa shape index (κ1) is 21.1. The van der Waals surface area contributed by atoms with Crippen LogP contribution in [0, 0.1) is 6.92 Å². The van der Waals surface area contributed by atoms with E-state index >= 15 is 0 Å². The second-order valence-electron chi connectivity index (χ2n) is 6.48. The molecule has 0 radical (unpaired) electrons. The third-order valence-electron chi connectivity index (χ3n) is 4.07. The maximum Gasteiger partial charge on any atom is 0.316 e. The Morgan fingerprint density at radius 1 is 1.13 bits per heavy atom. The Labute approximate surface area is 175 Å². The summed E-state index contributed by atoms with van der Waals surface area (Å²) in [5, 5.41) is 11.7. The molecule has 12 heteroatoms. The number of hydrogen-bond donors (Lipinski definition) is 7. The molecule has 2 aromatic carbocycles. The van der Waals surface area contributed by atoms with Crippen LogP contribution >= 0.6 is 0 Å². The highest BCUT2D eigenvalue weighted by Gasteiger charge is 2.15. The Bertz CT molecular complexity index is 1070. The number of carbonyl (C=O) groups is 1. The van der Waals surface area contributed by atoms with Gasteiger partial charge in [0.1, 0.15) is 6.17 Å². The number of aryl methyl sites for hydroxylation is 1. The Balaban J connectivity index is 1.72. The van der Waals surface area contributed by atoms with Gasteiger partial charge >= 0.3 is 6.03 Å². The fourth-order valence-electron chi connectivity index (χ4n) is 2.78. The van der Waals surface area contributed by atoms with Gasteiger partial charge in [-0.25, -0.2) is 19.0 Å². The average Bonchev–Trinajstić information content (AvgIpc) is 2.63. The van der Waals surface area contributed by atoms with E-state index in [-0.39, 0.29) is 6.17 Å². The monoisotopic (exact) mass is 430 g/mol. The number of aliphatic imine (C=N–C) groups is 2. The Morgan fingerprint density at radius 3 is 2.30 bits per heavy atom. The fourth-order valence-corrected chi connectivity index (χ4v) is 3.30. The van der Waals surface area contributed by atoms with E-state index in [1.807, 2.05) is 6.92 Å². The minimum atomic E-state index is -2.04. The smallest absolute Gasteiger partial charge is 0.316 e. The van der Waals surface area contributed by atoms with Crippen LogP contribution in [-0.2, 0) is 11.1 Å². The first-order chi connectivity index (χ1) is 14.2. The highest BCUT2D eigenvalue weighted by atomic mass is 32.2. The van der Waals surface area contributed by atoms with Crippen LogP contribution in [0.5, 0.6) is 0 Å². The van der Waals surface area contributed by atoms with Crippen molar-refractivity contribution in [2.45, 2.75) is 24.9 Å². The Kier molecular flexibility index (Phi) is 6.18. The summed E-state index contributed by atoms with van der Waals surface area (Å²) in [5.41, 5.74) is 13.7. The van der Waals surface area contributed by atoms with E-state index in [1.165, 1.54) is 0 Å². The topological polar surface area (TPSA) is 179 Å². The number of carbonyl (C=O) groups excluding carboxylic acids is 1. The van der Waals surface area contributed by atoms with Gasteiger partial charge in [-0.05, 0) is 55.8 Å². The molecule has 9 N–H and O–H groups in total. The number of hydrogen-bond acceptors (Lipinski definition) is 8. The zero-order valence-corrected chi connectivity index (χ0v) is 17.1. The lowest BCUT2D eigenvalue weighted by molar-refractivity contribution is 0.259. The molecule has 0 aliphatic carbocycles. The summed E-state index contributed by atoms with van der Waals surface area (Å²) in [7, 11) is 0. The summed E-state index contributed by atoms with van der Waals surface area (Å²) in [6.45, 7) is 3.57. The van der Waals surface area contributed by atoms with E-state index in [1.54, 1.807) is 43.3 Å². The molecule has 3 rings (SSSR count). The minimum absolute atomic E-state index is 0.347. The molecule has 1 aliphatic heterocycles. The van der Waals surface area contributed by atoms with Gasteiger partial charge in [0.2, 0.25) is 11.9 Å². The maximum absolute atomic E-state index is 11.3. The quantitative estimate of drug-likeness (QED) is 0.285. The number of primary amides is 1. The molecule has 0 fully saturated rings. The van der Waals surface area contributed by atoms with E-state index in [2.05, 4.69) is 31.3 Å². The number of benzene rings is 2. The van der Waals surface area contributed by atoms with Crippen molar-refractivity contribution < 1.29 is 13.6 Å². The number of anilines is 4. The van der Waals surface area contributed by atoms with Gasteiger partial charge in [-0.3, -0.25) is 5.32 Å². The number of urea groups is 1. The van der Waals surface area contributed by atoms with Crippen LogP contribution in [0.3, 0.4) is 0 Å². The lowest BCUT2D eigenvalue weighted by Gasteiger charge is -2.21. The summed E-state index contributed by atoms with van der Waals surface area (Å²) in [6.07, 6.45) is -0.362. The van der Waals surface area contributed by atoms with E-state index in [0.717, 1.165) is 0 Å². The molecule has 2 atom stereocenters. The minimum Gasteiger partial charge on any atom is -0.397 e. The second kappa shape index (κ2) is 8.80. The number of rotatable bonds is 4. The zero-order valence-electron chi connectivity index (χ0n) is 16.3. The van der Waals surface area contributed by atoms with E-state index in [9.17, 15) is 13.6 Å². The van der Waals surface area contributed by atoms with Crippen LogP contribution in [0.1, 0.15) is 12.5 Å². The molecule has 0 aromatic heterocycles. The number of nitrogens with one attached hydrogen (secondary N) is 4. The second-order valence-corrected chi connectivity index (χ2v) is 7.42. The fraction of sp³-hybridized carbons (Fsp3) is 0.167. The maximum atomic E-state index is 11.3. The third-order valence-corrected chi connectivity index (χ3v) is 4.90. The molecule has 30 heavy (non-hydrogen) atoms. The van der Waals surface area contributed by atoms with Crippen molar-refractivity contribution in [3.05, 3.63) is 42.0 Å². The van der Waals surface area contributed by atoms with Gasteiger partial charge in [-0.15, -0.1) is 0 Å². The first-order valence-corrected chi connectivity index (χ1v) is 9.96. The van der Waals surface area contributed by atoms with Crippen molar-refractivity contribution >= 4 is 51.8 Å². The molecule has 0 saturated heterocycles.